The Bertz CT molecular complexity index is 705. The van der Waals surface area contributed by atoms with Gasteiger partial charge in [0.05, 0.1) is 5.56 Å². The summed E-state index contributed by atoms with van der Waals surface area (Å²) in [6.45, 7) is 2.19. The molecule has 4 rings (SSSR count). The molecule has 1 aromatic rings. The van der Waals surface area contributed by atoms with Crippen molar-refractivity contribution in [2.75, 3.05) is 5.32 Å². The summed E-state index contributed by atoms with van der Waals surface area (Å²) in [7, 11) is 0. The third-order valence-electron chi connectivity index (χ3n) is 6.77. The lowest BCUT2D eigenvalue weighted by atomic mass is 9.80. The van der Waals surface area contributed by atoms with Crippen molar-refractivity contribution in [2.45, 2.75) is 90.0 Å². The number of fused-ring (bicyclic) bond motifs is 1. The maximum atomic E-state index is 13.1. The minimum absolute atomic E-state index is 0.0355. The van der Waals surface area contributed by atoms with E-state index in [-0.39, 0.29) is 17.7 Å². The molecule has 0 bridgehead atoms. The van der Waals surface area contributed by atoms with Crippen LogP contribution < -0.4 is 10.6 Å². The largest absolute Gasteiger partial charge is 0.349 e. The van der Waals surface area contributed by atoms with Crippen LogP contribution in [0, 0.1) is 11.8 Å². The molecule has 0 spiro atoms. The van der Waals surface area contributed by atoms with Gasteiger partial charge in [-0.3, -0.25) is 9.59 Å². The summed E-state index contributed by atoms with van der Waals surface area (Å²) in [6.07, 6.45) is 13.5. The first-order valence-corrected chi connectivity index (χ1v) is 11.7. The molecule has 5 heteroatoms. The molecule has 0 radical (unpaired) electrons. The maximum Gasteiger partial charge on any atom is 0.254 e. The van der Waals surface area contributed by atoms with Crippen LogP contribution in [0.5, 0.6) is 0 Å². The van der Waals surface area contributed by atoms with Gasteiger partial charge < -0.3 is 10.6 Å². The molecule has 2 fully saturated rings. The number of hydrogen-bond donors (Lipinski definition) is 2. The molecule has 0 saturated heterocycles. The Kier molecular flexibility index (Phi) is 5.86. The number of thiophene rings is 1. The van der Waals surface area contributed by atoms with Gasteiger partial charge in [0, 0.05) is 16.8 Å². The average Bonchev–Trinajstić information content (AvgIpc) is 3.23. The second-order valence-electron chi connectivity index (χ2n) is 8.73. The number of carbonyl (C=O) groups is 2. The topological polar surface area (TPSA) is 58.2 Å². The van der Waals surface area contributed by atoms with E-state index in [0.717, 1.165) is 61.9 Å². The van der Waals surface area contributed by atoms with Gasteiger partial charge in [-0.15, -0.1) is 11.3 Å². The molecule has 0 aromatic carbocycles. The van der Waals surface area contributed by atoms with Gasteiger partial charge in [-0.2, -0.15) is 0 Å². The first-order valence-electron chi connectivity index (χ1n) is 10.9. The predicted molar refractivity (Wildman–Crippen MR) is 110 cm³/mol. The zero-order valence-corrected chi connectivity index (χ0v) is 17.3. The van der Waals surface area contributed by atoms with Crippen molar-refractivity contribution < 1.29 is 9.59 Å². The first kappa shape index (κ1) is 19.0. The highest BCUT2D eigenvalue weighted by Crippen LogP contribution is 2.40. The molecule has 1 heterocycles. The Hall–Kier alpha value is -1.36. The smallest absolute Gasteiger partial charge is 0.254 e. The number of aryl methyl sites for hydroxylation is 1. The second kappa shape index (κ2) is 8.34. The molecule has 27 heavy (non-hydrogen) atoms. The maximum absolute atomic E-state index is 13.1. The van der Waals surface area contributed by atoms with Crippen LogP contribution in [-0.4, -0.2) is 17.9 Å². The lowest BCUT2D eigenvalue weighted by Crippen LogP contribution is -2.37. The number of amides is 2. The summed E-state index contributed by atoms with van der Waals surface area (Å²) in [6, 6.07) is 0.296. The van der Waals surface area contributed by atoms with Gasteiger partial charge in [-0.05, 0) is 56.4 Å². The third kappa shape index (κ3) is 4.08. The van der Waals surface area contributed by atoms with Gasteiger partial charge in [0.1, 0.15) is 5.00 Å². The summed E-state index contributed by atoms with van der Waals surface area (Å²) >= 11 is 1.64. The van der Waals surface area contributed by atoms with E-state index in [0.29, 0.717) is 12.0 Å². The number of hydrogen-bond acceptors (Lipinski definition) is 3. The number of carbonyl (C=O) groups excluding carboxylic acids is 2. The fourth-order valence-electron chi connectivity index (χ4n) is 5.15. The van der Waals surface area contributed by atoms with E-state index in [9.17, 15) is 9.59 Å². The molecular weight excluding hydrogens is 356 g/mol. The molecular formula is C22H32N2O2S. The Labute approximate surface area is 166 Å². The number of nitrogens with one attached hydrogen (secondary N) is 2. The lowest BCUT2D eigenvalue weighted by molar-refractivity contribution is -0.122. The van der Waals surface area contributed by atoms with Gasteiger partial charge in [-0.1, -0.05) is 39.0 Å². The first-order chi connectivity index (χ1) is 13.1. The molecule has 2 unspecified atom stereocenters. The van der Waals surface area contributed by atoms with Gasteiger partial charge in [0.2, 0.25) is 5.91 Å². The standard InChI is InChI=1S/C22H32N2O2S/c1-14-8-5-6-11-16(14)20(25)24-22-19(17-12-7-13-18(17)27-22)21(26)23-15-9-3-2-4-10-15/h14-16H,2-13H2,1H3,(H,23,26)(H,24,25). The van der Waals surface area contributed by atoms with Crippen molar-refractivity contribution in [1.29, 1.82) is 0 Å². The van der Waals surface area contributed by atoms with E-state index in [4.69, 9.17) is 0 Å². The Morgan fingerprint density at radius 3 is 2.44 bits per heavy atom. The van der Waals surface area contributed by atoms with E-state index < -0.39 is 0 Å². The second-order valence-corrected chi connectivity index (χ2v) is 9.83. The fourth-order valence-corrected chi connectivity index (χ4v) is 6.44. The fraction of sp³-hybridized carbons (Fsp3) is 0.727. The molecule has 2 amide bonds. The van der Waals surface area contributed by atoms with Crippen molar-refractivity contribution in [3.05, 3.63) is 16.0 Å². The predicted octanol–water partition coefficient (Wildman–Crippen LogP) is 5.06. The molecule has 3 aliphatic carbocycles. The zero-order chi connectivity index (χ0) is 18.8. The molecule has 2 atom stereocenters. The molecule has 148 valence electrons. The SMILES string of the molecule is CC1CCCCC1C(=O)Nc1sc2c(c1C(=O)NC1CCCCC1)CCC2. The molecule has 2 saturated carbocycles. The molecule has 0 aliphatic heterocycles. The summed E-state index contributed by atoms with van der Waals surface area (Å²) in [5.74, 6) is 0.678. The van der Waals surface area contributed by atoms with E-state index in [1.54, 1.807) is 11.3 Å². The van der Waals surface area contributed by atoms with Gasteiger partial charge in [0.25, 0.3) is 5.91 Å². The highest BCUT2D eigenvalue weighted by Gasteiger charge is 2.32. The normalized spacial score (nSPS) is 25.8. The van der Waals surface area contributed by atoms with Crippen molar-refractivity contribution in [2.24, 2.45) is 11.8 Å². The number of anilines is 1. The van der Waals surface area contributed by atoms with Crippen LogP contribution in [-0.2, 0) is 17.6 Å². The van der Waals surface area contributed by atoms with E-state index in [1.807, 2.05) is 0 Å². The van der Waals surface area contributed by atoms with Gasteiger partial charge >= 0.3 is 0 Å². The van der Waals surface area contributed by atoms with E-state index in [2.05, 4.69) is 17.6 Å². The lowest BCUT2D eigenvalue weighted by Gasteiger charge is -2.27. The quantitative estimate of drug-likeness (QED) is 0.757. The van der Waals surface area contributed by atoms with Gasteiger partial charge in [-0.25, -0.2) is 0 Å². The summed E-state index contributed by atoms with van der Waals surface area (Å²) in [5.41, 5.74) is 1.97. The van der Waals surface area contributed by atoms with Crippen molar-refractivity contribution >= 4 is 28.2 Å². The molecule has 3 aliphatic rings. The molecule has 2 N–H and O–H groups in total. The van der Waals surface area contributed by atoms with E-state index >= 15 is 0 Å². The molecule has 4 nitrogen and oxygen atoms in total. The van der Waals surface area contributed by atoms with Gasteiger partial charge in [0.15, 0.2) is 0 Å². The van der Waals surface area contributed by atoms with Crippen molar-refractivity contribution in [3.8, 4) is 0 Å². The highest BCUT2D eigenvalue weighted by molar-refractivity contribution is 7.17. The highest BCUT2D eigenvalue weighted by atomic mass is 32.1. The van der Waals surface area contributed by atoms with E-state index in [1.165, 1.54) is 36.1 Å². The minimum atomic E-state index is 0.0355. The van der Waals surface area contributed by atoms with Crippen LogP contribution in [0.3, 0.4) is 0 Å². The zero-order valence-electron chi connectivity index (χ0n) is 16.4. The van der Waals surface area contributed by atoms with Crippen molar-refractivity contribution in [1.82, 2.24) is 5.32 Å². The Morgan fingerprint density at radius 1 is 0.926 bits per heavy atom. The van der Waals surface area contributed by atoms with Crippen LogP contribution >= 0.6 is 11.3 Å². The monoisotopic (exact) mass is 388 g/mol. The van der Waals surface area contributed by atoms with Crippen LogP contribution in [0.1, 0.15) is 91.9 Å². The Balaban J connectivity index is 1.52. The summed E-state index contributed by atoms with van der Waals surface area (Å²) in [5, 5.41) is 7.25. The minimum Gasteiger partial charge on any atom is -0.349 e. The number of rotatable bonds is 4. The molecule has 1 aromatic heterocycles. The van der Waals surface area contributed by atoms with Crippen LogP contribution in [0.2, 0.25) is 0 Å². The summed E-state index contributed by atoms with van der Waals surface area (Å²) in [4.78, 5) is 27.4. The van der Waals surface area contributed by atoms with Crippen LogP contribution in [0.25, 0.3) is 0 Å². The average molecular weight is 389 g/mol. The summed E-state index contributed by atoms with van der Waals surface area (Å²) < 4.78 is 0. The van der Waals surface area contributed by atoms with Crippen LogP contribution in [0.4, 0.5) is 5.00 Å². The Morgan fingerprint density at radius 2 is 1.67 bits per heavy atom. The third-order valence-corrected chi connectivity index (χ3v) is 7.98. The van der Waals surface area contributed by atoms with Crippen molar-refractivity contribution in [3.63, 3.8) is 0 Å². The van der Waals surface area contributed by atoms with Crippen LogP contribution in [0.15, 0.2) is 0 Å².